The molecule has 0 fully saturated rings. The van der Waals surface area contributed by atoms with E-state index in [9.17, 15) is 5.26 Å². The van der Waals surface area contributed by atoms with E-state index in [4.69, 9.17) is 4.43 Å². The van der Waals surface area contributed by atoms with E-state index in [2.05, 4.69) is 46.5 Å². The van der Waals surface area contributed by atoms with Crippen LogP contribution in [-0.2, 0) is 4.43 Å². The number of nitriles is 1. The van der Waals surface area contributed by atoms with Crippen LogP contribution in [0.15, 0.2) is 30.8 Å². The van der Waals surface area contributed by atoms with Crippen LogP contribution in [0.4, 0.5) is 0 Å². The monoisotopic (exact) mass is 273 g/mol. The van der Waals surface area contributed by atoms with Gasteiger partial charge in [0.05, 0.1) is 6.07 Å². The topological polar surface area (TPSA) is 33.0 Å². The Morgan fingerprint density at radius 1 is 1.32 bits per heavy atom. The van der Waals surface area contributed by atoms with E-state index in [1.165, 1.54) is 0 Å². The summed E-state index contributed by atoms with van der Waals surface area (Å²) < 4.78 is 6.21. The Morgan fingerprint density at radius 3 is 2.37 bits per heavy atom. The molecule has 0 saturated heterocycles. The summed E-state index contributed by atoms with van der Waals surface area (Å²) in [6.07, 6.45) is 1.25. The van der Waals surface area contributed by atoms with Crippen LogP contribution in [0.2, 0.25) is 18.1 Å². The lowest BCUT2D eigenvalue weighted by atomic mass is 10.0. The predicted octanol–water partition coefficient (Wildman–Crippen LogP) is 4.92. The first-order valence-electron chi connectivity index (χ1n) is 6.52. The average Bonchev–Trinajstić information content (AvgIpc) is 2.34. The van der Waals surface area contributed by atoms with Gasteiger partial charge in [-0.1, -0.05) is 57.7 Å². The van der Waals surface area contributed by atoms with Crippen LogP contribution in [0, 0.1) is 11.3 Å². The predicted molar refractivity (Wildman–Crippen MR) is 83.2 cm³/mol. The van der Waals surface area contributed by atoms with Crippen LogP contribution in [0.25, 0.3) is 6.08 Å². The molecular weight excluding hydrogens is 250 g/mol. The Hall–Kier alpha value is -1.37. The van der Waals surface area contributed by atoms with Gasteiger partial charge in [0.1, 0.15) is 0 Å². The molecule has 0 heterocycles. The number of hydrogen-bond acceptors (Lipinski definition) is 2. The molecule has 0 spiro atoms. The molecule has 3 heteroatoms. The van der Waals surface area contributed by atoms with Crippen LogP contribution in [0.3, 0.4) is 0 Å². The van der Waals surface area contributed by atoms with Gasteiger partial charge in [0, 0.05) is 5.56 Å². The summed E-state index contributed by atoms with van der Waals surface area (Å²) in [7, 11) is -1.96. The molecule has 0 amide bonds. The second-order valence-corrected chi connectivity index (χ2v) is 11.0. The highest BCUT2D eigenvalue weighted by Gasteiger charge is 2.39. The van der Waals surface area contributed by atoms with Crippen LogP contribution < -0.4 is 0 Å². The fourth-order valence-electron chi connectivity index (χ4n) is 1.57. The summed E-state index contributed by atoms with van der Waals surface area (Å²) in [5.41, 5.74) is 1.87. The van der Waals surface area contributed by atoms with Crippen molar-refractivity contribution in [2.24, 2.45) is 0 Å². The van der Waals surface area contributed by atoms with Crippen molar-refractivity contribution in [2.75, 3.05) is 0 Å². The molecule has 1 aromatic carbocycles. The smallest absolute Gasteiger partial charge is 0.194 e. The lowest BCUT2D eigenvalue weighted by Crippen LogP contribution is -2.41. The van der Waals surface area contributed by atoms with E-state index >= 15 is 0 Å². The maximum Gasteiger partial charge on any atom is 0.194 e. The Bertz CT molecular complexity index is 494. The maximum absolute atomic E-state index is 9.44. The second-order valence-electron chi connectivity index (χ2n) is 6.22. The van der Waals surface area contributed by atoms with Crippen molar-refractivity contribution in [3.05, 3.63) is 42.0 Å². The molecule has 0 aliphatic rings. The fourth-order valence-corrected chi connectivity index (χ4v) is 2.69. The van der Waals surface area contributed by atoms with Crippen molar-refractivity contribution in [3.8, 4) is 6.07 Å². The molecule has 0 aliphatic heterocycles. The van der Waals surface area contributed by atoms with Gasteiger partial charge in [-0.25, -0.2) is 0 Å². The minimum Gasteiger partial charge on any atom is -0.398 e. The minimum atomic E-state index is -1.96. The fraction of sp³-hybridized carbons (Fsp3) is 0.438. The van der Waals surface area contributed by atoms with Crippen LogP contribution in [-0.4, -0.2) is 8.32 Å². The zero-order valence-corrected chi connectivity index (χ0v) is 13.5. The number of rotatable bonds is 4. The molecule has 1 aromatic rings. The molecule has 2 nitrogen and oxygen atoms in total. The van der Waals surface area contributed by atoms with Gasteiger partial charge < -0.3 is 4.43 Å². The zero-order valence-electron chi connectivity index (χ0n) is 12.5. The molecule has 0 aromatic heterocycles. The summed E-state index contributed by atoms with van der Waals surface area (Å²) in [6.45, 7) is 14.6. The van der Waals surface area contributed by atoms with Crippen LogP contribution in [0.5, 0.6) is 0 Å². The molecule has 19 heavy (non-hydrogen) atoms. The van der Waals surface area contributed by atoms with Crippen molar-refractivity contribution < 1.29 is 4.43 Å². The molecule has 1 unspecified atom stereocenters. The highest BCUT2D eigenvalue weighted by molar-refractivity contribution is 6.74. The molecule has 0 radical (unpaired) electrons. The van der Waals surface area contributed by atoms with E-state index in [0.29, 0.717) is 0 Å². The lowest BCUT2D eigenvalue weighted by Gasteiger charge is -2.37. The van der Waals surface area contributed by atoms with Gasteiger partial charge in [-0.15, -0.1) is 0 Å². The minimum absolute atomic E-state index is 0.0885. The number of hydrogen-bond donors (Lipinski definition) is 0. The van der Waals surface area contributed by atoms with E-state index < -0.39 is 14.4 Å². The third-order valence-electron chi connectivity index (χ3n) is 3.83. The first-order valence-corrected chi connectivity index (χ1v) is 9.42. The van der Waals surface area contributed by atoms with E-state index in [-0.39, 0.29) is 5.04 Å². The first kappa shape index (κ1) is 15.7. The summed E-state index contributed by atoms with van der Waals surface area (Å²) in [5.74, 6) is 0. The molecule has 0 aliphatic carbocycles. The lowest BCUT2D eigenvalue weighted by molar-refractivity contribution is 0.236. The van der Waals surface area contributed by atoms with Crippen molar-refractivity contribution in [3.63, 3.8) is 0 Å². The van der Waals surface area contributed by atoms with E-state index in [1.807, 2.05) is 24.3 Å². The van der Waals surface area contributed by atoms with E-state index in [0.717, 1.165) is 11.1 Å². The van der Waals surface area contributed by atoms with Crippen LogP contribution in [0.1, 0.15) is 38.0 Å². The molecule has 0 bridgehead atoms. The van der Waals surface area contributed by atoms with Crippen molar-refractivity contribution >= 4 is 14.4 Å². The Labute approximate surface area is 117 Å². The Kier molecular flexibility index (Phi) is 4.73. The number of benzene rings is 1. The molecule has 102 valence electrons. The maximum atomic E-state index is 9.44. The summed E-state index contributed by atoms with van der Waals surface area (Å²) in [6, 6.07) is 10.1. The van der Waals surface area contributed by atoms with Crippen molar-refractivity contribution in [2.45, 2.75) is 45.0 Å². The normalized spacial score (nSPS) is 13.7. The van der Waals surface area contributed by atoms with Gasteiger partial charge in [-0.3, -0.25) is 0 Å². The van der Waals surface area contributed by atoms with E-state index in [1.54, 1.807) is 6.08 Å². The van der Waals surface area contributed by atoms with Gasteiger partial charge >= 0.3 is 0 Å². The number of nitrogens with zero attached hydrogens (tertiary/aromatic N) is 1. The molecular formula is C16H23NOSi. The molecule has 0 N–H and O–H groups in total. The summed E-state index contributed by atoms with van der Waals surface area (Å²) >= 11 is 0. The van der Waals surface area contributed by atoms with Crippen molar-refractivity contribution in [1.82, 2.24) is 0 Å². The van der Waals surface area contributed by atoms with Gasteiger partial charge in [-0.2, -0.15) is 5.26 Å². The molecule has 0 saturated carbocycles. The Morgan fingerprint density at radius 2 is 1.89 bits per heavy atom. The summed E-state index contributed by atoms with van der Waals surface area (Å²) in [4.78, 5) is 0. The highest BCUT2D eigenvalue weighted by Crippen LogP contribution is 2.40. The second kappa shape index (κ2) is 5.73. The average molecular weight is 273 g/mol. The first-order chi connectivity index (χ1) is 8.73. The van der Waals surface area contributed by atoms with Gasteiger partial charge in [-0.05, 0) is 23.7 Å². The molecule has 1 atom stereocenters. The SMILES string of the molecule is C=Cc1ccccc1C(C#N)O[Si](C)(C)C(C)(C)C. The molecule has 1 rings (SSSR count). The third-order valence-corrected chi connectivity index (χ3v) is 8.27. The van der Waals surface area contributed by atoms with Gasteiger partial charge in [0.2, 0.25) is 0 Å². The largest absolute Gasteiger partial charge is 0.398 e. The summed E-state index contributed by atoms with van der Waals surface area (Å²) in [5, 5.41) is 9.53. The highest BCUT2D eigenvalue weighted by atomic mass is 28.4. The standard InChI is InChI=1S/C16H23NOSi/c1-7-13-10-8-9-11-14(13)15(12-17)18-19(5,6)16(2,3)4/h7-11,15H,1H2,2-6H3. The van der Waals surface area contributed by atoms with Crippen LogP contribution >= 0.6 is 0 Å². The van der Waals surface area contributed by atoms with Gasteiger partial charge in [0.25, 0.3) is 0 Å². The third kappa shape index (κ3) is 3.56. The van der Waals surface area contributed by atoms with Gasteiger partial charge in [0.15, 0.2) is 14.4 Å². The Balaban J connectivity index is 3.10. The quantitative estimate of drug-likeness (QED) is 0.730. The zero-order chi connectivity index (χ0) is 14.7. The van der Waals surface area contributed by atoms with Crippen molar-refractivity contribution in [1.29, 1.82) is 5.26 Å².